The second kappa shape index (κ2) is 8.14. The monoisotopic (exact) mass is 357 g/mol. The minimum Gasteiger partial charge on any atom is -0.348 e. The van der Waals surface area contributed by atoms with Gasteiger partial charge >= 0.3 is 0 Å². The van der Waals surface area contributed by atoms with E-state index in [1.165, 1.54) is 16.2 Å². The summed E-state index contributed by atoms with van der Waals surface area (Å²) in [6.45, 7) is 2.64. The van der Waals surface area contributed by atoms with Crippen molar-refractivity contribution in [2.45, 2.75) is 13.0 Å². The molecule has 1 aromatic carbocycles. The average Bonchev–Trinajstić information content (AvgIpc) is 2.64. The van der Waals surface area contributed by atoms with Gasteiger partial charge in [-0.2, -0.15) is 0 Å². The number of aromatic nitrogens is 1. The number of amides is 1. The number of nitrogens with one attached hydrogen (secondary N) is 2. The van der Waals surface area contributed by atoms with Gasteiger partial charge in [0.2, 0.25) is 0 Å². The van der Waals surface area contributed by atoms with Gasteiger partial charge in [-0.3, -0.25) is 9.59 Å². The average molecular weight is 358 g/mol. The molecule has 5 nitrogen and oxygen atoms in total. The normalized spacial score (nSPS) is 14.0. The number of benzene rings is 1. The fourth-order valence-electron chi connectivity index (χ4n) is 2.73. The summed E-state index contributed by atoms with van der Waals surface area (Å²) >= 11 is 6.16. The topological polar surface area (TPSA) is 63.1 Å². The molecule has 0 atom stereocenters. The Bertz CT molecular complexity index is 858. The minimum atomic E-state index is -0.188. The van der Waals surface area contributed by atoms with E-state index in [4.69, 9.17) is 11.6 Å². The van der Waals surface area contributed by atoms with Crippen LogP contribution in [0.25, 0.3) is 0 Å². The lowest BCUT2D eigenvalue weighted by molar-refractivity contribution is 0.0955. The fourth-order valence-corrected chi connectivity index (χ4v) is 2.92. The lowest BCUT2D eigenvalue weighted by atomic mass is 10.1. The van der Waals surface area contributed by atoms with Crippen molar-refractivity contribution in [3.05, 3.63) is 80.7 Å². The standard InChI is InChI=1S/C19H20ClN3O2/c20-17-4-2-1-3-15(17)12-23-13-16(5-6-18(23)24)19(25)22-11-14-7-9-21-10-8-14/h1-7,13,21H,8-12H2,(H,22,25). The second-order valence-corrected chi connectivity index (χ2v) is 6.38. The van der Waals surface area contributed by atoms with Crippen LogP contribution in [0.5, 0.6) is 0 Å². The Hall–Kier alpha value is -2.37. The molecule has 6 heteroatoms. The van der Waals surface area contributed by atoms with Crippen LogP contribution in [0.2, 0.25) is 5.02 Å². The summed E-state index contributed by atoms with van der Waals surface area (Å²) in [6, 6.07) is 10.3. The van der Waals surface area contributed by atoms with Gasteiger partial charge in [-0.05, 0) is 30.7 Å². The molecule has 0 fully saturated rings. The molecule has 3 rings (SSSR count). The maximum Gasteiger partial charge on any atom is 0.253 e. The summed E-state index contributed by atoms with van der Waals surface area (Å²) in [5, 5.41) is 6.75. The summed E-state index contributed by atoms with van der Waals surface area (Å²) in [4.78, 5) is 24.5. The molecule has 1 amide bonds. The molecule has 0 bridgehead atoms. The van der Waals surface area contributed by atoms with Crippen LogP contribution >= 0.6 is 11.6 Å². The second-order valence-electron chi connectivity index (χ2n) is 5.97. The van der Waals surface area contributed by atoms with Crippen molar-refractivity contribution in [2.75, 3.05) is 19.6 Å². The summed E-state index contributed by atoms with van der Waals surface area (Å²) in [6.07, 6.45) is 4.62. The molecule has 0 saturated heterocycles. The van der Waals surface area contributed by atoms with E-state index in [2.05, 4.69) is 16.7 Å². The third-order valence-corrected chi connectivity index (χ3v) is 4.55. The van der Waals surface area contributed by atoms with Crippen molar-refractivity contribution in [2.24, 2.45) is 0 Å². The number of nitrogens with zero attached hydrogens (tertiary/aromatic N) is 1. The van der Waals surface area contributed by atoms with E-state index in [0.29, 0.717) is 23.7 Å². The molecular weight excluding hydrogens is 338 g/mol. The maximum absolute atomic E-state index is 12.4. The van der Waals surface area contributed by atoms with Crippen molar-refractivity contribution in [3.63, 3.8) is 0 Å². The van der Waals surface area contributed by atoms with E-state index in [0.717, 1.165) is 25.1 Å². The van der Waals surface area contributed by atoms with Crippen LogP contribution in [0.3, 0.4) is 0 Å². The minimum absolute atomic E-state index is 0.169. The highest BCUT2D eigenvalue weighted by Crippen LogP contribution is 2.15. The van der Waals surface area contributed by atoms with E-state index in [9.17, 15) is 9.59 Å². The smallest absolute Gasteiger partial charge is 0.253 e. The molecule has 0 aliphatic carbocycles. The Labute approximate surface area is 151 Å². The lowest BCUT2D eigenvalue weighted by Gasteiger charge is -2.15. The molecule has 0 unspecified atom stereocenters. The van der Waals surface area contributed by atoms with Crippen molar-refractivity contribution >= 4 is 17.5 Å². The molecule has 0 radical (unpaired) electrons. The first-order valence-electron chi connectivity index (χ1n) is 8.24. The van der Waals surface area contributed by atoms with Crippen molar-refractivity contribution in [3.8, 4) is 0 Å². The number of hydrogen-bond donors (Lipinski definition) is 2. The number of hydrogen-bond acceptors (Lipinski definition) is 3. The zero-order valence-electron chi connectivity index (χ0n) is 13.8. The predicted octanol–water partition coefficient (Wildman–Crippen LogP) is 2.20. The van der Waals surface area contributed by atoms with Gasteiger partial charge in [0.05, 0.1) is 12.1 Å². The van der Waals surface area contributed by atoms with Crippen LogP contribution in [-0.2, 0) is 6.54 Å². The molecule has 0 spiro atoms. The van der Waals surface area contributed by atoms with Crippen molar-refractivity contribution in [1.82, 2.24) is 15.2 Å². The highest BCUT2D eigenvalue weighted by Gasteiger charge is 2.10. The predicted molar refractivity (Wildman–Crippen MR) is 99.2 cm³/mol. The molecule has 1 aromatic heterocycles. The third kappa shape index (κ3) is 4.59. The summed E-state index contributed by atoms with van der Waals surface area (Å²) in [5.74, 6) is -0.188. The van der Waals surface area contributed by atoms with Crippen LogP contribution in [0, 0.1) is 0 Å². The Morgan fingerprint density at radius 3 is 2.84 bits per heavy atom. The van der Waals surface area contributed by atoms with Gasteiger partial charge in [0, 0.05) is 30.4 Å². The SMILES string of the molecule is O=C(NCC1=CCNCC1)c1ccc(=O)n(Cc2ccccc2Cl)c1. The number of pyridine rings is 1. The van der Waals surface area contributed by atoms with E-state index < -0.39 is 0 Å². The fraction of sp³-hybridized carbons (Fsp3) is 0.263. The molecule has 1 aliphatic heterocycles. The first-order valence-corrected chi connectivity index (χ1v) is 8.62. The Kier molecular flexibility index (Phi) is 5.68. The van der Waals surface area contributed by atoms with Gasteiger partial charge in [0.1, 0.15) is 0 Å². The van der Waals surface area contributed by atoms with Crippen LogP contribution in [0.15, 0.2) is 59.0 Å². The van der Waals surface area contributed by atoms with Gasteiger partial charge in [0.15, 0.2) is 0 Å². The summed E-state index contributed by atoms with van der Waals surface area (Å²) in [7, 11) is 0. The number of carbonyl (C=O) groups excluding carboxylic acids is 1. The molecule has 2 aromatic rings. The van der Waals surface area contributed by atoms with Crippen LogP contribution < -0.4 is 16.2 Å². The maximum atomic E-state index is 12.4. The summed E-state index contributed by atoms with van der Waals surface area (Å²) < 4.78 is 1.50. The van der Waals surface area contributed by atoms with Crippen LogP contribution in [-0.4, -0.2) is 30.1 Å². The summed E-state index contributed by atoms with van der Waals surface area (Å²) in [5.41, 5.74) is 2.35. The lowest BCUT2D eigenvalue weighted by Crippen LogP contribution is -2.30. The molecule has 0 saturated carbocycles. The molecule has 2 heterocycles. The first-order chi connectivity index (χ1) is 12.1. The number of rotatable bonds is 5. The van der Waals surface area contributed by atoms with Gasteiger partial charge in [-0.1, -0.05) is 41.4 Å². The molecule has 2 N–H and O–H groups in total. The van der Waals surface area contributed by atoms with E-state index in [1.54, 1.807) is 18.3 Å². The molecular formula is C19H20ClN3O2. The van der Waals surface area contributed by atoms with Crippen LogP contribution in [0.4, 0.5) is 0 Å². The largest absolute Gasteiger partial charge is 0.348 e. The van der Waals surface area contributed by atoms with Crippen molar-refractivity contribution < 1.29 is 4.79 Å². The number of carbonyl (C=O) groups is 1. The number of halogens is 1. The van der Waals surface area contributed by atoms with Gasteiger partial charge in [-0.25, -0.2) is 0 Å². The van der Waals surface area contributed by atoms with E-state index in [-0.39, 0.29) is 11.5 Å². The Morgan fingerprint density at radius 2 is 2.08 bits per heavy atom. The molecule has 25 heavy (non-hydrogen) atoms. The molecule has 130 valence electrons. The Balaban J connectivity index is 1.72. The van der Waals surface area contributed by atoms with Gasteiger partial charge < -0.3 is 15.2 Å². The van der Waals surface area contributed by atoms with Crippen molar-refractivity contribution in [1.29, 1.82) is 0 Å². The van der Waals surface area contributed by atoms with E-state index in [1.807, 2.05) is 18.2 Å². The first kappa shape index (κ1) is 17.5. The molecule has 1 aliphatic rings. The third-order valence-electron chi connectivity index (χ3n) is 4.18. The zero-order chi connectivity index (χ0) is 17.6. The van der Waals surface area contributed by atoms with Crippen LogP contribution in [0.1, 0.15) is 22.3 Å². The quantitative estimate of drug-likeness (QED) is 0.806. The zero-order valence-corrected chi connectivity index (χ0v) is 14.6. The van der Waals surface area contributed by atoms with Gasteiger partial charge in [-0.15, -0.1) is 0 Å². The Morgan fingerprint density at radius 1 is 1.24 bits per heavy atom. The van der Waals surface area contributed by atoms with E-state index >= 15 is 0 Å². The van der Waals surface area contributed by atoms with Gasteiger partial charge in [0.25, 0.3) is 11.5 Å². The highest BCUT2D eigenvalue weighted by atomic mass is 35.5. The highest BCUT2D eigenvalue weighted by molar-refractivity contribution is 6.31.